The van der Waals surface area contributed by atoms with E-state index < -0.39 is 0 Å². The topological polar surface area (TPSA) is 12.0 Å². The molecule has 0 amide bonds. The minimum absolute atomic E-state index is 0.919. The molecule has 1 nitrogen and oxygen atoms in total. The highest BCUT2D eigenvalue weighted by atomic mass is 32.1. The zero-order chi connectivity index (χ0) is 9.80. The van der Waals surface area contributed by atoms with Crippen LogP contribution in [0.5, 0.6) is 0 Å². The zero-order valence-electron chi connectivity index (χ0n) is 8.83. The lowest BCUT2D eigenvalue weighted by Crippen LogP contribution is -2.22. The highest BCUT2D eigenvalue weighted by Gasteiger charge is 2.26. The molecule has 1 aliphatic rings. The predicted octanol–water partition coefficient (Wildman–Crippen LogP) is 2.93. The van der Waals surface area contributed by atoms with E-state index >= 15 is 0 Å². The molecule has 0 radical (unpaired) electrons. The minimum Gasteiger partial charge on any atom is -0.319 e. The molecule has 1 fully saturated rings. The van der Waals surface area contributed by atoms with Crippen molar-refractivity contribution in [1.29, 1.82) is 0 Å². The van der Waals surface area contributed by atoms with E-state index in [-0.39, 0.29) is 0 Å². The number of hydrogen-bond acceptors (Lipinski definition) is 2. The number of nitrogens with one attached hydrogen (secondary N) is 1. The molecule has 14 heavy (non-hydrogen) atoms. The second kappa shape index (κ2) is 4.94. The quantitative estimate of drug-likeness (QED) is 0.804. The minimum atomic E-state index is 0.919. The maximum atomic E-state index is 3.32. The van der Waals surface area contributed by atoms with Gasteiger partial charge in [0.2, 0.25) is 0 Å². The first-order chi connectivity index (χ1) is 6.90. The van der Waals surface area contributed by atoms with Gasteiger partial charge in [-0.15, -0.1) is 11.3 Å². The van der Waals surface area contributed by atoms with E-state index in [0.29, 0.717) is 0 Å². The summed E-state index contributed by atoms with van der Waals surface area (Å²) >= 11 is 1.91. The molecule has 1 saturated carbocycles. The van der Waals surface area contributed by atoms with Gasteiger partial charge in [-0.2, -0.15) is 0 Å². The molecule has 1 aromatic rings. The van der Waals surface area contributed by atoms with Crippen LogP contribution in [-0.2, 0) is 6.42 Å². The van der Waals surface area contributed by atoms with Crippen LogP contribution in [0.4, 0.5) is 0 Å². The van der Waals surface area contributed by atoms with Gasteiger partial charge in [-0.1, -0.05) is 12.5 Å². The Bertz CT molecular complexity index is 255. The SMILES string of the molecule is CNCC1CCCC1Cc1cccs1. The van der Waals surface area contributed by atoms with Gasteiger partial charge < -0.3 is 5.32 Å². The molecule has 78 valence electrons. The monoisotopic (exact) mass is 209 g/mol. The Balaban J connectivity index is 1.90. The molecule has 2 unspecified atom stereocenters. The Morgan fingerprint density at radius 1 is 1.43 bits per heavy atom. The van der Waals surface area contributed by atoms with Crippen LogP contribution in [0.1, 0.15) is 24.1 Å². The van der Waals surface area contributed by atoms with Gasteiger partial charge >= 0.3 is 0 Å². The van der Waals surface area contributed by atoms with Crippen LogP contribution < -0.4 is 5.32 Å². The van der Waals surface area contributed by atoms with Crippen LogP contribution in [0.25, 0.3) is 0 Å². The molecule has 1 aromatic heterocycles. The van der Waals surface area contributed by atoms with E-state index in [4.69, 9.17) is 0 Å². The number of thiophene rings is 1. The molecule has 0 spiro atoms. The second-order valence-electron chi connectivity index (χ2n) is 4.29. The van der Waals surface area contributed by atoms with E-state index in [1.165, 1.54) is 32.2 Å². The standard InChI is InChI=1S/C12H19NS/c1-13-9-11-5-2-4-10(11)8-12-6-3-7-14-12/h3,6-7,10-11,13H,2,4-5,8-9H2,1H3. The summed E-state index contributed by atoms with van der Waals surface area (Å²) in [5, 5.41) is 5.51. The lowest BCUT2D eigenvalue weighted by molar-refractivity contribution is 0.376. The van der Waals surface area contributed by atoms with E-state index in [1.807, 2.05) is 11.3 Å². The molecule has 1 aliphatic carbocycles. The van der Waals surface area contributed by atoms with Gasteiger partial charge in [0.05, 0.1) is 0 Å². The van der Waals surface area contributed by atoms with Crippen molar-refractivity contribution in [2.24, 2.45) is 11.8 Å². The number of rotatable bonds is 4. The van der Waals surface area contributed by atoms with Gasteiger partial charge in [-0.25, -0.2) is 0 Å². The molecule has 2 atom stereocenters. The summed E-state index contributed by atoms with van der Waals surface area (Å²) in [5.41, 5.74) is 0. The van der Waals surface area contributed by atoms with Crippen LogP contribution in [0.15, 0.2) is 17.5 Å². The first-order valence-electron chi connectivity index (χ1n) is 5.57. The molecule has 0 saturated heterocycles. The summed E-state index contributed by atoms with van der Waals surface area (Å²) in [4.78, 5) is 1.57. The van der Waals surface area contributed by atoms with E-state index in [9.17, 15) is 0 Å². The Labute approximate surface area is 90.5 Å². The van der Waals surface area contributed by atoms with E-state index in [2.05, 4.69) is 29.9 Å². The van der Waals surface area contributed by atoms with Crippen LogP contribution in [0.2, 0.25) is 0 Å². The highest BCUT2D eigenvalue weighted by molar-refractivity contribution is 7.09. The molecule has 1 N–H and O–H groups in total. The smallest absolute Gasteiger partial charge is 0.00480 e. The van der Waals surface area contributed by atoms with Crippen LogP contribution in [0.3, 0.4) is 0 Å². The van der Waals surface area contributed by atoms with Crippen LogP contribution in [-0.4, -0.2) is 13.6 Å². The lowest BCUT2D eigenvalue weighted by Gasteiger charge is -2.18. The third-order valence-corrected chi connectivity index (χ3v) is 4.23. The van der Waals surface area contributed by atoms with Crippen molar-refractivity contribution in [2.75, 3.05) is 13.6 Å². The van der Waals surface area contributed by atoms with Gasteiger partial charge in [0.15, 0.2) is 0 Å². The van der Waals surface area contributed by atoms with E-state index in [1.54, 1.807) is 4.88 Å². The van der Waals surface area contributed by atoms with Crippen molar-refractivity contribution in [3.63, 3.8) is 0 Å². The van der Waals surface area contributed by atoms with Gasteiger partial charge in [0.25, 0.3) is 0 Å². The zero-order valence-corrected chi connectivity index (χ0v) is 9.65. The molecule has 1 heterocycles. The molecule has 0 aliphatic heterocycles. The fourth-order valence-electron chi connectivity index (χ4n) is 2.60. The van der Waals surface area contributed by atoms with Crippen molar-refractivity contribution in [2.45, 2.75) is 25.7 Å². The Morgan fingerprint density at radius 3 is 3.00 bits per heavy atom. The summed E-state index contributed by atoms with van der Waals surface area (Å²) in [5.74, 6) is 1.85. The Morgan fingerprint density at radius 2 is 2.29 bits per heavy atom. The highest BCUT2D eigenvalue weighted by Crippen LogP contribution is 2.34. The average molecular weight is 209 g/mol. The maximum Gasteiger partial charge on any atom is 0.00480 e. The summed E-state index contributed by atoms with van der Waals surface area (Å²) in [6, 6.07) is 4.45. The maximum absolute atomic E-state index is 3.32. The van der Waals surface area contributed by atoms with E-state index in [0.717, 1.165) is 11.8 Å². The second-order valence-corrected chi connectivity index (χ2v) is 5.32. The Hall–Kier alpha value is -0.340. The van der Waals surface area contributed by atoms with Gasteiger partial charge in [0, 0.05) is 4.88 Å². The van der Waals surface area contributed by atoms with Gasteiger partial charge in [0.1, 0.15) is 0 Å². The molecular formula is C12H19NS. The third kappa shape index (κ3) is 2.37. The summed E-state index contributed by atoms with van der Waals surface area (Å²) in [6.07, 6.45) is 5.60. The summed E-state index contributed by atoms with van der Waals surface area (Å²) in [6.45, 7) is 1.20. The van der Waals surface area contributed by atoms with Crippen molar-refractivity contribution in [3.8, 4) is 0 Å². The Kier molecular flexibility index (Phi) is 3.60. The number of hydrogen-bond donors (Lipinski definition) is 1. The average Bonchev–Trinajstić information content (AvgIpc) is 2.80. The molecule has 2 heteroatoms. The normalized spacial score (nSPS) is 26.9. The summed E-state index contributed by atoms with van der Waals surface area (Å²) < 4.78 is 0. The fourth-order valence-corrected chi connectivity index (χ4v) is 3.40. The van der Waals surface area contributed by atoms with Crippen molar-refractivity contribution in [3.05, 3.63) is 22.4 Å². The third-order valence-electron chi connectivity index (χ3n) is 3.33. The first kappa shape index (κ1) is 10.2. The first-order valence-corrected chi connectivity index (χ1v) is 6.45. The van der Waals surface area contributed by atoms with Crippen LogP contribution in [0, 0.1) is 11.8 Å². The molecular weight excluding hydrogens is 190 g/mol. The molecule has 0 bridgehead atoms. The predicted molar refractivity (Wildman–Crippen MR) is 62.8 cm³/mol. The largest absolute Gasteiger partial charge is 0.319 e. The van der Waals surface area contributed by atoms with Gasteiger partial charge in [-0.05, 0) is 56.1 Å². The summed E-state index contributed by atoms with van der Waals surface area (Å²) in [7, 11) is 2.07. The molecule has 2 rings (SSSR count). The van der Waals surface area contributed by atoms with Crippen molar-refractivity contribution in [1.82, 2.24) is 5.32 Å². The van der Waals surface area contributed by atoms with Crippen molar-refractivity contribution >= 4 is 11.3 Å². The lowest BCUT2D eigenvalue weighted by atomic mass is 9.92. The molecule has 0 aromatic carbocycles. The van der Waals surface area contributed by atoms with Gasteiger partial charge in [-0.3, -0.25) is 0 Å². The van der Waals surface area contributed by atoms with Crippen molar-refractivity contribution < 1.29 is 0 Å². The fraction of sp³-hybridized carbons (Fsp3) is 0.667. The van der Waals surface area contributed by atoms with Crippen LogP contribution >= 0.6 is 11.3 Å².